The molecule has 1 aliphatic heterocycles. The Morgan fingerprint density at radius 3 is 2.50 bits per heavy atom. The lowest BCUT2D eigenvalue weighted by Crippen LogP contribution is -2.48. The fraction of sp³-hybridized carbons (Fsp3) is 0.929. The van der Waals surface area contributed by atoms with Gasteiger partial charge in [-0.1, -0.05) is 19.3 Å². The number of rotatable bonds is 4. The standard InChI is InChI=1S/C14H26N2OS/c15-11-14(6-2-1-3-7-14)13(17)16-10-12-4-8-18-9-5-12/h12H,1-11,15H2,(H,16,17). The monoisotopic (exact) mass is 270 g/mol. The van der Waals surface area contributed by atoms with Gasteiger partial charge in [-0.25, -0.2) is 0 Å². The van der Waals surface area contributed by atoms with Crippen LogP contribution in [-0.4, -0.2) is 30.5 Å². The molecule has 1 aliphatic carbocycles. The lowest BCUT2D eigenvalue weighted by molar-refractivity contribution is -0.132. The molecular formula is C14H26N2OS. The van der Waals surface area contributed by atoms with Gasteiger partial charge in [-0.15, -0.1) is 0 Å². The van der Waals surface area contributed by atoms with Crippen molar-refractivity contribution < 1.29 is 4.79 Å². The molecule has 4 heteroatoms. The first-order valence-electron chi connectivity index (χ1n) is 7.33. The third-order valence-corrected chi connectivity index (χ3v) is 5.62. The van der Waals surface area contributed by atoms with Crippen LogP contribution < -0.4 is 11.1 Å². The smallest absolute Gasteiger partial charge is 0.227 e. The summed E-state index contributed by atoms with van der Waals surface area (Å²) in [5.74, 6) is 3.42. The van der Waals surface area contributed by atoms with Crippen LogP contribution in [0.25, 0.3) is 0 Å². The summed E-state index contributed by atoms with van der Waals surface area (Å²) in [6, 6.07) is 0. The van der Waals surface area contributed by atoms with Crippen LogP contribution in [0, 0.1) is 11.3 Å². The van der Waals surface area contributed by atoms with E-state index in [2.05, 4.69) is 5.32 Å². The van der Waals surface area contributed by atoms with Gasteiger partial charge in [-0.05, 0) is 43.1 Å². The van der Waals surface area contributed by atoms with Crippen molar-refractivity contribution in [3.05, 3.63) is 0 Å². The second-order valence-electron chi connectivity index (χ2n) is 5.81. The molecule has 0 atom stereocenters. The second kappa shape index (κ2) is 6.80. The molecule has 2 aliphatic rings. The highest BCUT2D eigenvalue weighted by molar-refractivity contribution is 7.99. The van der Waals surface area contributed by atoms with Crippen LogP contribution >= 0.6 is 11.8 Å². The molecule has 3 nitrogen and oxygen atoms in total. The van der Waals surface area contributed by atoms with Crippen LogP contribution in [0.5, 0.6) is 0 Å². The summed E-state index contributed by atoms with van der Waals surface area (Å²) in [5, 5.41) is 3.19. The van der Waals surface area contributed by atoms with E-state index in [4.69, 9.17) is 5.73 Å². The summed E-state index contributed by atoms with van der Waals surface area (Å²) in [4.78, 5) is 12.4. The van der Waals surface area contributed by atoms with E-state index in [1.54, 1.807) is 0 Å². The fourth-order valence-corrected chi connectivity index (χ4v) is 4.33. The van der Waals surface area contributed by atoms with Gasteiger partial charge >= 0.3 is 0 Å². The van der Waals surface area contributed by atoms with Crippen molar-refractivity contribution in [2.75, 3.05) is 24.6 Å². The van der Waals surface area contributed by atoms with Crippen LogP contribution in [0.2, 0.25) is 0 Å². The van der Waals surface area contributed by atoms with E-state index in [-0.39, 0.29) is 11.3 Å². The van der Waals surface area contributed by atoms with Gasteiger partial charge in [0.05, 0.1) is 5.41 Å². The average Bonchev–Trinajstić information content (AvgIpc) is 2.46. The van der Waals surface area contributed by atoms with Crippen LogP contribution in [0.4, 0.5) is 0 Å². The Balaban J connectivity index is 1.81. The Morgan fingerprint density at radius 2 is 1.89 bits per heavy atom. The maximum Gasteiger partial charge on any atom is 0.227 e. The van der Waals surface area contributed by atoms with E-state index < -0.39 is 0 Å². The molecule has 0 aromatic carbocycles. The predicted octanol–water partition coefficient (Wildman–Crippen LogP) is 2.15. The topological polar surface area (TPSA) is 55.1 Å². The zero-order valence-electron chi connectivity index (χ0n) is 11.2. The summed E-state index contributed by atoms with van der Waals surface area (Å²) >= 11 is 2.03. The molecule has 0 unspecified atom stereocenters. The number of nitrogens with one attached hydrogen (secondary N) is 1. The van der Waals surface area contributed by atoms with Crippen LogP contribution in [0.3, 0.4) is 0 Å². The molecule has 1 heterocycles. The molecule has 1 saturated heterocycles. The number of hydrogen-bond acceptors (Lipinski definition) is 3. The first-order valence-corrected chi connectivity index (χ1v) is 8.48. The third kappa shape index (κ3) is 3.41. The first kappa shape index (κ1) is 14.2. The largest absolute Gasteiger partial charge is 0.355 e. The fourth-order valence-electron chi connectivity index (χ4n) is 3.13. The molecule has 3 N–H and O–H groups in total. The van der Waals surface area contributed by atoms with Gasteiger partial charge in [0, 0.05) is 13.1 Å². The highest BCUT2D eigenvalue weighted by Gasteiger charge is 2.38. The highest BCUT2D eigenvalue weighted by atomic mass is 32.2. The number of amides is 1. The van der Waals surface area contributed by atoms with Crippen molar-refractivity contribution in [3.8, 4) is 0 Å². The number of carbonyl (C=O) groups is 1. The van der Waals surface area contributed by atoms with Crippen molar-refractivity contribution >= 4 is 17.7 Å². The molecule has 2 fully saturated rings. The van der Waals surface area contributed by atoms with Gasteiger partial charge in [0.1, 0.15) is 0 Å². The Bertz CT molecular complexity index is 271. The van der Waals surface area contributed by atoms with Crippen molar-refractivity contribution in [2.24, 2.45) is 17.1 Å². The van der Waals surface area contributed by atoms with Crippen LogP contribution in [0.1, 0.15) is 44.9 Å². The van der Waals surface area contributed by atoms with E-state index in [1.807, 2.05) is 11.8 Å². The molecule has 0 aromatic heterocycles. The highest BCUT2D eigenvalue weighted by Crippen LogP contribution is 2.35. The zero-order chi connectivity index (χ0) is 12.8. The number of nitrogens with two attached hydrogens (primary N) is 1. The minimum absolute atomic E-state index is 0.225. The maximum atomic E-state index is 12.4. The summed E-state index contributed by atoms with van der Waals surface area (Å²) in [6.07, 6.45) is 8.04. The zero-order valence-corrected chi connectivity index (χ0v) is 12.1. The molecule has 104 valence electrons. The van der Waals surface area contributed by atoms with Gasteiger partial charge in [0.15, 0.2) is 0 Å². The Hall–Kier alpha value is -0.220. The van der Waals surface area contributed by atoms with Crippen LogP contribution in [0.15, 0.2) is 0 Å². The number of thioether (sulfide) groups is 1. The van der Waals surface area contributed by atoms with E-state index in [9.17, 15) is 4.79 Å². The summed E-state index contributed by atoms with van der Waals surface area (Å²) in [6.45, 7) is 1.38. The normalized spacial score (nSPS) is 24.7. The van der Waals surface area contributed by atoms with Crippen molar-refractivity contribution in [1.29, 1.82) is 0 Å². The molecule has 0 bridgehead atoms. The van der Waals surface area contributed by atoms with Gasteiger partial charge in [0.2, 0.25) is 5.91 Å². The van der Waals surface area contributed by atoms with E-state index in [1.165, 1.54) is 30.8 Å². The summed E-state index contributed by atoms with van der Waals surface area (Å²) in [7, 11) is 0. The quantitative estimate of drug-likeness (QED) is 0.823. The lowest BCUT2D eigenvalue weighted by atomic mass is 9.73. The lowest BCUT2D eigenvalue weighted by Gasteiger charge is -2.35. The SMILES string of the molecule is NCC1(C(=O)NCC2CCSCC2)CCCCC1. The van der Waals surface area contributed by atoms with Gasteiger partial charge in [-0.3, -0.25) is 4.79 Å². The molecule has 2 rings (SSSR count). The Morgan fingerprint density at radius 1 is 1.22 bits per heavy atom. The molecule has 1 amide bonds. The number of hydrogen-bond donors (Lipinski definition) is 2. The predicted molar refractivity (Wildman–Crippen MR) is 77.6 cm³/mol. The minimum Gasteiger partial charge on any atom is -0.355 e. The van der Waals surface area contributed by atoms with Crippen molar-refractivity contribution in [2.45, 2.75) is 44.9 Å². The second-order valence-corrected chi connectivity index (χ2v) is 7.04. The molecular weight excluding hydrogens is 244 g/mol. The van der Waals surface area contributed by atoms with Gasteiger partial charge in [-0.2, -0.15) is 11.8 Å². The van der Waals surface area contributed by atoms with Gasteiger partial charge in [0.25, 0.3) is 0 Å². The van der Waals surface area contributed by atoms with Crippen molar-refractivity contribution in [1.82, 2.24) is 5.32 Å². The molecule has 1 saturated carbocycles. The minimum atomic E-state index is -0.248. The average molecular weight is 270 g/mol. The van der Waals surface area contributed by atoms with E-state index >= 15 is 0 Å². The van der Waals surface area contributed by atoms with Crippen molar-refractivity contribution in [3.63, 3.8) is 0 Å². The molecule has 0 aromatic rings. The first-order chi connectivity index (χ1) is 8.77. The van der Waals surface area contributed by atoms with Crippen LogP contribution in [-0.2, 0) is 4.79 Å². The Kier molecular flexibility index (Phi) is 5.37. The summed E-state index contributed by atoms with van der Waals surface area (Å²) < 4.78 is 0. The molecule has 18 heavy (non-hydrogen) atoms. The molecule has 0 radical (unpaired) electrons. The number of carbonyl (C=O) groups excluding carboxylic acids is 1. The Labute approximate surface area is 115 Å². The third-order valence-electron chi connectivity index (χ3n) is 4.58. The van der Waals surface area contributed by atoms with E-state index in [0.717, 1.165) is 32.2 Å². The summed E-state index contributed by atoms with van der Waals surface area (Å²) in [5.41, 5.74) is 5.64. The van der Waals surface area contributed by atoms with E-state index in [0.29, 0.717) is 12.5 Å². The maximum absolute atomic E-state index is 12.4. The van der Waals surface area contributed by atoms with Gasteiger partial charge < -0.3 is 11.1 Å². The molecule has 0 spiro atoms.